The van der Waals surface area contributed by atoms with Crippen molar-refractivity contribution in [3.8, 4) is 5.75 Å². The predicted molar refractivity (Wildman–Crippen MR) is 95.8 cm³/mol. The third-order valence-electron chi connectivity index (χ3n) is 3.12. The summed E-state index contributed by atoms with van der Waals surface area (Å²) in [6.07, 6.45) is 0.965. The Balaban J connectivity index is 1.50. The number of benzene rings is 1. The molecule has 0 radical (unpaired) electrons. The summed E-state index contributed by atoms with van der Waals surface area (Å²) in [5.41, 5.74) is 0. The number of thiophene rings is 1. The summed E-state index contributed by atoms with van der Waals surface area (Å²) < 4.78 is 5.48. The van der Waals surface area contributed by atoms with E-state index in [1.54, 1.807) is 30.3 Å². The first-order chi connectivity index (χ1) is 11.6. The first kappa shape index (κ1) is 18.3. The number of hydrogen-bond donors (Lipinski definition) is 2. The summed E-state index contributed by atoms with van der Waals surface area (Å²) >= 11 is 7.18. The fourth-order valence-corrected chi connectivity index (χ4v) is 2.69. The number of halogens is 1. The van der Waals surface area contributed by atoms with Crippen LogP contribution in [0.25, 0.3) is 0 Å². The second-order valence-electron chi connectivity index (χ2n) is 4.99. The quantitative estimate of drug-likeness (QED) is 0.670. The minimum absolute atomic E-state index is 0.0555. The zero-order valence-corrected chi connectivity index (χ0v) is 14.7. The van der Waals surface area contributed by atoms with E-state index < -0.39 is 0 Å². The standard InChI is InChI=1S/C17H19ClN2O3S/c18-13-5-7-14(8-6-13)23-11-10-19-16(21)4-1-9-20-17(22)15-3-2-12-24-15/h2-3,5-8,12H,1,4,9-11H2,(H,19,21)(H,20,22). The fraction of sp³-hybridized carbons (Fsp3) is 0.294. The molecule has 7 heteroatoms. The van der Waals surface area contributed by atoms with E-state index in [0.29, 0.717) is 48.2 Å². The van der Waals surface area contributed by atoms with Gasteiger partial charge in [-0.05, 0) is 42.1 Å². The maximum absolute atomic E-state index is 11.7. The molecule has 2 aromatic rings. The minimum atomic E-state index is -0.0956. The van der Waals surface area contributed by atoms with Crippen molar-refractivity contribution in [2.24, 2.45) is 0 Å². The summed E-state index contributed by atoms with van der Waals surface area (Å²) in [5, 5.41) is 8.08. The van der Waals surface area contributed by atoms with E-state index in [-0.39, 0.29) is 11.8 Å². The van der Waals surface area contributed by atoms with E-state index in [0.717, 1.165) is 0 Å². The molecule has 0 saturated carbocycles. The molecule has 1 heterocycles. The van der Waals surface area contributed by atoms with Crippen LogP contribution in [0.4, 0.5) is 0 Å². The highest BCUT2D eigenvalue weighted by molar-refractivity contribution is 7.12. The van der Waals surface area contributed by atoms with Gasteiger partial charge in [-0.25, -0.2) is 0 Å². The molecule has 0 atom stereocenters. The van der Waals surface area contributed by atoms with Crippen LogP contribution < -0.4 is 15.4 Å². The normalized spacial score (nSPS) is 10.2. The molecule has 0 fully saturated rings. The third kappa shape index (κ3) is 6.60. The number of carbonyl (C=O) groups is 2. The minimum Gasteiger partial charge on any atom is -0.492 e. The molecule has 2 rings (SSSR count). The van der Waals surface area contributed by atoms with Crippen molar-refractivity contribution in [1.29, 1.82) is 0 Å². The lowest BCUT2D eigenvalue weighted by molar-refractivity contribution is -0.121. The van der Waals surface area contributed by atoms with Gasteiger partial charge in [-0.3, -0.25) is 9.59 Å². The van der Waals surface area contributed by atoms with E-state index in [9.17, 15) is 9.59 Å². The molecule has 0 spiro atoms. The predicted octanol–water partition coefficient (Wildman–Crippen LogP) is 3.11. The Morgan fingerprint density at radius 1 is 1.08 bits per heavy atom. The van der Waals surface area contributed by atoms with Crippen LogP contribution in [-0.2, 0) is 4.79 Å². The van der Waals surface area contributed by atoms with Gasteiger partial charge in [0.2, 0.25) is 5.91 Å². The Morgan fingerprint density at radius 3 is 2.58 bits per heavy atom. The summed E-state index contributed by atoms with van der Waals surface area (Å²) in [4.78, 5) is 24.0. The molecular formula is C17H19ClN2O3S. The SMILES string of the molecule is O=C(CCCNC(=O)c1cccs1)NCCOc1ccc(Cl)cc1. The van der Waals surface area contributed by atoms with Gasteiger partial charge in [0.15, 0.2) is 0 Å². The van der Waals surface area contributed by atoms with Crippen molar-refractivity contribution in [3.63, 3.8) is 0 Å². The van der Waals surface area contributed by atoms with Crippen LogP contribution in [0.2, 0.25) is 5.02 Å². The number of rotatable bonds is 9. The van der Waals surface area contributed by atoms with Crippen LogP contribution in [0.3, 0.4) is 0 Å². The molecular weight excluding hydrogens is 348 g/mol. The zero-order valence-electron chi connectivity index (χ0n) is 13.1. The van der Waals surface area contributed by atoms with Crippen molar-refractivity contribution in [1.82, 2.24) is 10.6 Å². The van der Waals surface area contributed by atoms with Gasteiger partial charge in [-0.1, -0.05) is 17.7 Å². The van der Waals surface area contributed by atoms with Crippen molar-refractivity contribution < 1.29 is 14.3 Å². The van der Waals surface area contributed by atoms with Crippen LogP contribution in [0.15, 0.2) is 41.8 Å². The van der Waals surface area contributed by atoms with Crippen LogP contribution in [0, 0.1) is 0 Å². The maximum Gasteiger partial charge on any atom is 0.261 e. The Hall–Kier alpha value is -2.05. The molecule has 1 aromatic carbocycles. The topological polar surface area (TPSA) is 67.4 Å². The highest BCUT2D eigenvalue weighted by Gasteiger charge is 2.06. The molecule has 2 N–H and O–H groups in total. The number of amides is 2. The molecule has 128 valence electrons. The molecule has 0 aliphatic carbocycles. The van der Waals surface area contributed by atoms with Crippen molar-refractivity contribution in [3.05, 3.63) is 51.7 Å². The molecule has 0 aliphatic heterocycles. The van der Waals surface area contributed by atoms with Gasteiger partial charge in [0.05, 0.1) is 11.4 Å². The average Bonchev–Trinajstić information content (AvgIpc) is 3.12. The van der Waals surface area contributed by atoms with Crippen LogP contribution in [0.1, 0.15) is 22.5 Å². The Labute approximate surface area is 150 Å². The number of ether oxygens (including phenoxy) is 1. The lowest BCUT2D eigenvalue weighted by Crippen LogP contribution is -2.29. The second-order valence-corrected chi connectivity index (χ2v) is 6.37. The summed E-state index contributed by atoms with van der Waals surface area (Å²) in [5.74, 6) is 0.562. The van der Waals surface area contributed by atoms with E-state index in [4.69, 9.17) is 16.3 Å². The number of carbonyl (C=O) groups excluding carboxylic acids is 2. The van der Waals surface area contributed by atoms with Crippen LogP contribution >= 0.6 is 22.9 Å². The molecule has 0 aliphatic rings. The molecule has 0 bridgehead atoms. The van der Waals surface area contributed by atoms with Gasteiger partial charge >= 0.3 is 0 Å². The monoisotopic (exact) mass is 366 g/mol. The highest BCUT2D eigenvalue weighted by atomic mass is 35.5. The van der Waals surface area contributed by atoms with Gasteiger partial charge in [-0.15, -0.1) is 11.3 Å². The fourth-order valence-electron chi connectivity index (χ4n) is 1.92. The molecule has 5 nitrogen and oxygen atoms in total. The third-order valence-corrected chi connectivity index (χ3v) is 4.24. The van der Waals surface area contributed by atoms with E-state index >= 15 is 0 Å². The van der Waals surface area contributed by atoms with Crippen molar-refractivity contribution in [2.75, 3.05) is 19.7 Å². The lowest BCUT2D eigenvalue weighted by Gasteiger charge is -2.08. The first-order valence-electron chi connectivity index (χ1n) is 7.62. The number of nitrogens with one attached hydrogen (secondary N) is 2. The molecule has 2 amide bonds. The van der Waals surface area contributed by atoms with Gasteiger partial charge in [0.1, 0.15) is 12.4 Å². The Morgan fingerprint density at radius 2 is 1.88 bits per heavy atom. The Bertz CT molecular complexity index is 644. The zero-order chi connectivity index (χ0) is 17.2. The molecule has 1 aromatic heterocycles. The van der Waals surface area contributed by atoms with Crippen molar-refractivity contribution >= 4 is 34.8 Å². The van der Waals surface area contributed by atoms with Gasteiger partial charge in [0, 0.05) is 18.0 Å². The van der Waals surface area contributed by atoms with E-state index in [1.807, 2.05) is 11.4 Å². The number of hydrogen-bond acceptors (Lipinski definition) is 4. The average molecular weight is 367 g/mol. The first-order valence-corrected chi connectivity index (χ1v) is 8.87. The molecule has 0 saturated heterocycles. The van der Waals surface area contributed by atoms with E-state index in [1.165, 1.54) is 11.3 Å². The van der Waals surface area contributed by atoms with Gasteiger partial charge < -0.3 is 15.4 Å². The smallest absolute Gasteiger partial charge is 0.261 e. The van der Waals surface area contributed by atoms with Gasteiger partial charge in [0.25, 0.3) is 5.91 Å². The van der Waals surface area contributed by atoms with Crippen LogP contribution in [-0.4, -0.2) is 31.5 Å². The van der Waals surface area contributed by atoms with E-state index in [2.05, 4.69) is 10.6 Å². The van der Waals surface area contributed by atoms with Crippen molar-refractivity contribution in [2.45, 2.75) is 12.8 Å². The second kappa shape index (κ2) is 9.95. The highest BCUT2D eigenvalue weighted by Crippen LogP contribution is 2.15. The van der Waals surface area contributed by atoms with Gasteiger partial charge in [-0.2, -0.15) is 0 Å². The van der Waals surface area contributed by atoms with Crippen LogP contribution in [0.5, 0.6) is 5.75 Å². The molecule has 0 unspecified atom stereocenters. The summed E-state index contributed by atoms with van der Waals surface area (Å²) in [6, 6.07) is 10.7. The largest absolute Gasteiger partial charge is 0.492 e. The Kier molecular flexibility index (Phi) is 7.58. The maximum atomic E-state index is 11.7. The lowest BCUT2D eigenvalue weighted by atomic mass is 10.3. The summed E-state index contributed by atoms with van der Waals surface area (Å²) in [6.45, 7) is 1.30. The molecule has 24 heavy (non-hydrogen) atoms. The summed E-state index contributed by atoms with van der Waals surface area (Å²) in [7, 11) is 0.